The van der Waals surface area contributed by atoms with Gasteiger partial charge in [-0.05, 0) is 31.1 Å². The van der Waals surface area contributed by atoms with E-state index in [1.807, 2.05) is 0 Å². The lowest BCUT2D eigenvalue weighted by atomic mass is 10.0. The number of hydrogen-bond acceptors (Lipinski definition) is 3. The van der Waals surface area contributed by atoms with Crippen LogP contribution in [0.3, 0.4) is 0 Å². The van der Waals surface area contributed by atoms with Gasteiger partial charge in [-0.1, -0.05) is 13.8 Å². The molecule has 17 heavy (non-hydrogen) atoms. The number of carbonyl (C=O) groups excluding carboxylic acids is 1. The van der Waals surface area contributed by atoms with Gasteiger partial charge in [-0.25, -0.2) is 0 Å². The second-order valence-electron chi connectivity index (χ2n) is 5.51. The third-order valence-electron chi connectivity index (χ3n) is 3.04. The highest BCUT2D eigenvalue weighted by molar-refractivity contribution is 5.81. The Balaban J connectivity index is 2.11. The topological polar surface area (TPSA) is 55.6 Å². The zero-order valence-corrected chi connectivity index (χ0v) is 11.3. The average molecular weight is 242 g/mol. The van der Waals surface area contributed by atoms with Crippen molar-refractivity contribution in [1.29, 1.82) is 0 Å². The molecule has 0 aromatic heterocycles. The van der Waals surface area contributed by atoms with Gasteiger partial charge in [0.2, 0.25) is 5.91 Å². The fourth-order valence-corrected chi connectivity index (χ4v) is 1.74. The van der Waals surface area contributed by atoms with E-state index < -0.39 is 0 Å². The second kappa shape index (κ2) is 6.97. The number of ether oxygens (including phenoxy) is 1. The summed E-state index contributed by atoms with van der Waals surface area (Å²) in [6.45, 7) is 6.25. The van der Waals surface area contributed by atoms with Crippen LogP contribution in [-0.2, 0) is 9.53 Å². The van der Waals surface area contributed by atoms with Crippen LogP contribution in [0.2, 0.25) is 0 Å². The lowest BCUT2D eigenvalue weighted by Crippen LogP contribution is -2.43. The first kappa shape index (κ1) is 14.5. The number of hydrogen-bond donors (Lipinski definition) is 1. The summed E-state index contributed by atoms with van der Waals surface area (Å²) in [5.74, 6) is 1.25. The maximum atomic E-state index is 11.9. The summed E-state index contributed by atoms with van der Waals surface area (Å²) in [6.07, 6.45) is 3.34. The first-order valence-electron chi connectivity index (χ1n) is 6.59. The van der Waals surface area contributed by atoms with Crippen molar-refractivity contribution in [2.45, 2.75) is 39.2 Å². The Morgan fingerprint density at radius 3 is 2.65 bits per heavy atom. The Morgan fingerprint density at radius 2 is 2.12 bits per heavy atom. The molecule has 1 fully saturated rings. The van der Waals surface area contributed by atoms with E-state index in [1.54, 1.807) is 11.9 Å². The molecule has 0 radical (unpaired) electrons. The van der Waals surface area contributed by atoms with Crippen molar-refractivity contribution >= 4 is 5.91 Å². The van der Waals surface area contributed by atoms with Crippen LogP contribution in [0.15, 0.2) is 0 Å². The van der Waals surface area contributed by atoms with Crippen molar-refractivity contribution in [3.05, 3.63) is 0 Å². The summed E-state index contributed by atoms with van der Waals surface area (Å²) in [7, 11) is 1.79. The number of nitrogens with zero attached hydrogens (tertiary/aromatic N) is 1. The van der Waals surface area contributed by atoms with Crippen LogP contribution in [0.4, 0.5) is 0 Å². The second-order valence-corrected chi connectivity index (χ2v) is 5.51. The fourth-order valence-electron chi connectivity index (χ4n) is 1.74. The van der Waals surface area contributed by atoms with Crippen LogP contribution < -0.4 is 5.73 Å². The van der Waals surface area contributed by atoms with Crippen molar-refractivity contribution < 1.29 is 9.53 Å². The van der Waals surface area contributed by atoms with Crippen molar-refractivity contribution in [1.82, 2.24) is 4.90 Å². The predicted octanol–water partition coefficient (Wildman–Crippen LogP) is 1.24. The monoisotopic (exact) mass is 242 g/mol. The number of likely N-dealkylation sites (N-methyl/N-ethyl adjacent to an activating group) is 1. The average Bonchev–Trinajstić information content (AvgIpc) is 3.05. The van der Waals surface area contributed by atoms with Crippen LogP contribution in [0, 0.1) is 11.8 Å². The lowest BCUT2D eigenvalue weighted by molar-refractivity contribution is -0.132. The fraction of sp³-hybridized carbons (Fsp3) is 0.923. The summed E-state index contributed by atoms with van der Waals surface area (Å²) >= 11 is 0. The van der Waals surface area contributed by atoms with E-state index in [9.17, 15) is 4.79 Å². The number of nitrogens with two attached hydrogens (primary N) is 1. The van der Waals surface area contributed by atoms with E-state index in [2.05, 4.69) is 13.8 Å². The van der Waals surface area contributed by atoms with Crippen LogP contribution >= 0.6 is 0 Å². The summed E-state index contributed by atoms with van der Waals surface area (Å²) < 4.78 is 5.50. The molecular weight excluding hydrogens is 216 g/mol. The molecule has 1 atom stereocenters. The van der Waals surface area contributed by atoms with Gasteiger partial charge >= 0.3 is 0 Å². The molecule has 0 saturated heterocycles. The minimum absolute atomic E-state index is 0.0220. The molecule has 1 amide bonds. The summed E-state index contributed by atoms with van der Waals surface area (Å²) in [5, 5.41) is 0. The van der Waals surface area contributed by atoms with E-state index in [0.29, 0.717) is 19.1 Å². The van der Waals surface area contributed by atoms with Gasteiger partial charge in [0.25, 0.3) is 0 Å². The van der Waals surface area contributed by atoms with Crippen molar-refractivity contribution in [3.8, 4) is 0 Å². The molecular formula is C13H26N2O2. The smallest absolute Gasteiger partial charge is 0.239 e. The molecule has 100 valence electrons. The molecule has 1 saturated carbocycles. The van der Waals surface area contributed by atoms with Gasteiger partial charge in [0, 0.05) is 20.2 Å². The van der Waals surface area contributed by atoms with Crippen molar-refractivity contribution in [2.24, 2.45) is 17.6 Å². The first-order chi connectivity index (χ1) is 8.00. The van der Waals surface area contributed by atoms with E-state index in [-0.39, 0.29) is 11.9 Å². The van der Waals surface area contributed by atoms with Gasteiger partial charge in [0.1, 0.15) is 0 Å². The molecule has 1 aliphatic rings. The molecule has 4 heteroatoms. The molecule has 0 unspecified atom stereocenters. The molecule has 0 bridgehead atoms. The maximum absolute atomic E-state index is 11.9. The molecule has 4 nitrogen and oxygen atoms in total. The zero-order valence-electron chi connectivity index (χ0n) is 11.3. The van der Waals surface area contributed by atoms with Gasteiger partial charge in [0.05, 0.1) is 12.6 Å². The number of carbonyl (C=O) groups is 1. The van der Waals surface area contributed by atoms with E-state index in [0.717, 1.165) is 18.9 Å². The quantitative estimate of drug-likeness (QED) is 0.652. The Morgan fingerprint density at radius 1 is 1.47 bits per heavy atom. The SMILES string of the molecule is CC(C)C[C@H](N)C(=O)N(C)CCOCC1CC1. The van der Waals surface area contributed by atoms with Crippen LogP contribution in [0.5, 0.6) is 0 Å². The highest BCUT2D eigenvalue weighted by atomic mass is 16.5. The van der Waals surface area contributed by atoms with E-state index in [4.69, 9.17) is 10.5 Å². The van der Waals surface area contributed by atoms with Gasteiger partial charge in [-0.3, -0.25) is 4.79 Å². The third-order valence-corrected chi connectivity index (χ3v) is 3.04. The molecule has 0 aliphatic heterocycles. The Kier molecular flexibility index (Phi) is 5.92. The number of rotatable bonds is 8. The van der Waals surface area contributed by atoms with E-state index in [1.165, 1.54) is 12.8 Å². The minimum Gasteiger partial charge on any atom is -0.379 e. The molecule has 0 spiro atoms. The zero-order chi connectivity index (χ0) is 12.8. The van der Waals surface area contributed by atoms with Crippen LogP contribution in [-0.4, -0.2) is 43.7 Å². The highest BCUT2D eigenvalue weighted by Crippen LogP contribution is 2.28. The number of amides is 1. The lowest BCUT2D eigenvalue weighted by Gasteiger charge is -2.22. The van der Waals surface area contributed by atoms with Gasteiger partial charge in [-0.15, -0.1) is 0 Å². The predicted molar refractivity (Wildman–Crippen MR) is 68.6 cm³/mol. The largest absolute Gasteiger partial charge is 0.379 e. The van der Waals surface area contributed by atoms with Gasteiger partial charge < -0.3 is 15.4 Å². The van der Waals surface area contributed by atoms with Crippen LogP contribution in [0.1, 0.15) is 33.1 Å². The van der Waals surface area contributed by atoms with Crippen LogP contribution in [0.25, 0.3) is 0 Å². The Hall–Kier alpha value is -0.610. The Labute approximate surface area is 104 Å². The van der Waals surface area contributed by atoms with Gasteiger partial charge in [0.15, 0.2) is 0 Å². The molecule has 2 N–H and O–H groups in total. The maximum Gasteiger partial charge on any atom is 0.239 e. The summed E-state index contributed by atoms with van der Waals surface area (Å²) in [4.78, 5) is 13.5. The third kappa shape index (κ3) is 6.03. The highest BCUT2D eigenvalue weighted by Gasteiger charge is 2.22. The van der Waals surface area contributed by atoms with Crippen molar-refractivity contribution in [2.75, 3.05) is 26.8 Å². The molecule has 0 heterocycles. The summed E-state index contributed by atoms with van der Waals surface area (Å²) in [5.41, 5.74) is 5.85. The normalized spacial score (nSPS) is 17.2. The van der Waals surface area contributed by atoms with E-state index >= 15 is 0 Å². The first-order valence-corrected chi connectivity index (χ1v) is 6.59. The molecule has 0 aromatic carbocycles. The minimum atomic E-state index is -0.372. The van der Waals surface area contributed by atoms with Gasteiger partial charge in [-0.2, -0.15) is 0 Å². The Bertz CT molecular complexity index is 240. The standard InChI is InChI=1S/C13H26N2O2/c1-10(2)8-12(14)13(16)15(3)6-7-17-9-11-4-5-11/h10-12H,4-9,14H2,1-3H3/t12-/m0/s1. The summed E-state index contributed by atoms with van der Waals surface area (Å²) in [6, 6.07) is -0.372. The molecule has 0 aromatic rings. The van der Waals surface area contributed by atoms with Crippen molar-refractivity contribution in [3.63, 3.8) is 0 Å². The molecule has 1 aliphatic carbocycles. The molecule has 1 rings (SSSR count).